The van der Waals surface area contributed by atoms with E-state index in [1.165, 1.54) is 43.3 Å². The molecule has 1 atom stereocenters. The number of amides is 1. The van der Waals surface area contributed by atoms with Crippen molar-refractivity contribution in [3.05, 3.63) is 105 Å². The molecule has 0 saturated heterocycles. The van der Waals surface area contributed by atoms with E-state index in [2.05, 4.69) is 5.32 Å². The number of hydrogen-bond acceptors (Lipinski definition) is 6. The second-order valence-corrected chi connectivity index (χ2v) is 7.08. The quantitative estimate of drug-likeness (QED) is 0.253. The number of Topliss-reactive ketones (excluding diaryl/α,β-unsaturated/α-hetero) is 1. The summed E-state index contributed by atoms with van der Waals surface area (Å²) in [5, 5.41) is 13.4. The zero-order valence-corrected chi connectivity index (χ0v) is 17.4. The van der Waals surface area contributed by atoms with Crippen molar-refractivity contribution in [2.75, 3.05) is 5.32 Å². The summed E-state index contributed by atoms with van der Waals surface area (Å²) in [5.74, 6) is -1.66. The lowest BCUT2D eigenvalue weighted by atomic mass is 10.1. The SMILES string of the molecule is Cc1ccc(C(=O)C(C)OC(=O)c2ccccc2NC(=O)c2ccc([N+](=O)[O-])cc2)cc1. The molecular formula is C24H20N2O6. The molecule has 32 heavy (non-hydrogen) atoms. The van der Waals surface area contributed by atoms with Crippen molar-refractivity contribution in [1.29, 1.82) is 0 Å². The second kappa shape index (κ2) is 9.65. The summed E-state index contributed by atoms with van der Waals surface area (Å²) in [6.45, 7) is 3.39. The molecule has 0 aliphatic rings. The predicted octanol–water partition coefficient (Wildman–Crippen LogP) is 4.58. The number of nitrogens with one attached hydrogen (secondary N) is 1. The molecule has 0 aliphatic carbocycles. The van der Waals surface area contributed by atoms with Crippen molar-refractivity contribution in [2.24, 2.45) is 0 Å². The van der Waals surface area contributed by atoms with E-state index in [1.54, 1.807) is 36.4 Å². The third-order valence-corrected chi connectivity index (χ3v) is 4.72. The molecule has 0 saturated carbocycles. The Morgan fingerprint density at radius 3 is 2.12 bits per heavy atom. The van der Waals surface area contributed by atoms with Gasteiger partial charge in [0, 0.05) is 23.3 Å². The van der Waals surface area contributed by atoms with Gasteiger partial charge in [0.25, 0.3) is 11.6 Å². The van der Waals surface area contributed by atoms with E-state index in [9.17, 15) is 24.5 Å². The standard InChI is InChI=1S/C24H20N2O6/c1-15-7-9-17(10-8-15)22(27)16(2)32-24(29)20-5-3-4-6-21(20)25-23(28)18-11-13-19(14-12-18)26(30)31/h3-14,16H,1-2H3,(H,25,28). The summed E-state index contributed by atoms with van der Waals surface area (Å²) < 4.78 is 5.34. The highest BCUT2D eigenvalue weighted by molar-refractivity contribution is 6.08. The molecule has 0 heterocycles. The van der Waals surface area contributed by atoms with Gasteiger partial charge in [-0.05, 0) is 38.1 Å². The van der Waals surface area contributed by atoms with Crippen LogP contribution in [-0.2, 0) is 4.74 Å². The van der Waals surface area contributed by atoms with E-state index in [1.807, 2.05) is 6.92 Å². The topological polar surface area (TPSA) is 116 Å². The molecule has 1 amide bonds. The highest BCUT2D eigenvalue weighted by Gasteiger charge is 2.22. The summed E-state index contributed by atoms with van der Waals surface area (Å²) in [6, 6.07) is 18.2. The van der Waals surface area contributed by atoms with Gasteiger partial charge in [-0.3, -0.25) is 19.7 Å². The van der Waals surface area contributed by atoms with Gasteiger partial charge >= 0.3 is 5.97 Å². The molecule has 1 N–H and O–H groups in total. The smallest absolute Gasteiger partial charge is 0.340 e. The number of nitro groups is 1. The van der Waals surface area contributed by atoms with E-state index >= 15 is 0 Å². The van der Waals surface area contributed by atoms with Crippen LogP contribution in [0.1, 0.15) is 43.6 Å². The number of aryl methyl sites for hydroxylation is 1. The fourth-order valence-corrected chi connectivity index (χ4v) is 2.93. The molecule has 1 unspecified atom stereocenters. The zero-order valence-electron chi connectivity index (χ0n) is 17.4. The van der Waals surface area contributed by atoms with Crippen molar-refractivity contribution >= 4 is 29.0 Å². The van der Waals surface area contributed by atoms with E-state index in [-0.39, 0.29) is 28.3 Å². The number of nitrogens with zero attached hydrogens (tertiary/aromatic N) is 1. The molecule has 0 aromatic heterocycles. The van der Waals surface area contributed by atoms with Crippen LogP contribution >= 0.6 is 0 Å². The van der Waals surface area contributed by atoms with Crippen LogP contribution in [0.3, 0.4) is 0 Å². The summed E-state index contributed by atoms with van der Waals surface area (Å²) in [7, 11) is 0. The van der Waals surface area contributed by atoms with Gasteiger partial charge < -0.3 is 10.1 Å². The van der Waals surface area contributed by atoms with Gasteiger partial charge in [-0.25, -0.2) is 4.79 Å². The summed E-state index contributed by atoms with van der Waals surface area (Å²) in [5.41, 5.74) is 1.74. The molecule has 162 valence electrons. The number of ether oxygens (including phenoxy) is 1. The lowest BCUT2D eigenvalue weighted by Crippen LogP contribution is -2.25. The van der Waals surface area contributed by atoms with Gasteiger partial charge in [0.15, 0.2) is 6.10 Å². The molecule has 8 heteroatoms. The zero-order chi connectivity index (χ0) is 23.3. The molecule has 0 spiro atoms. The third-order valence-electron chi connectivity index (χ3n) is 4.72. The Labute approximate surface area is 184 Å². The minimum absolute atomic E-state index is 0.0753. The summed E-state index contributed by atoms with van der Waals surface area (Å²) >= 11 is 0. The van der Waals surface area contributed by atoms with Crippen LogP contribution in [0.15, 0.2) is 72.8 Å². The van der Waals surface area contributed by atoms with Crippen LogP contribution in [0.5, 0.6) is 0 Å². The highest BCUT2D eigenvalue weighted by atomic mass is 16.6. The van der Waals surface area contributed by atoms with Crippen molar-refractivity contribution in [3.8, 4) is 0 Å². The van der Waals surface area contributed by atoms with Crippen LogP contribution < -0.4 is 5.32 Å². The largest absolute Gasteiger partial charge is 0.451 e. The van der Waals surface area contributed by atoms with Crippen LogP contribution in [0, 0.1) is 17.0 Å². The Morgan fingerprint density at radius 2 is 1.50 bits per heavy atom. The third kappa shape index (κ3) is 5.23. The van der Waals surface area contributed by atoms with Gasteiger partial charge in [-0.1, -0.05) is 42.0 Å². The first-order chi connectivity index (χ1) is 15.3. The number of ketones is 1. The summed E-state index contributed by atoms with van der Waals surface area (Å²) in [4.78, 5) is 48.0. The van der Waals surface area contributed by atoms with Crippen molar-refractivity contribution in [2.45, 2.75) is 20.0 Å². The van der Waals surface area contributed by atoms with Crippen LogP contribution in [-0.4, -0.2) is 28.7 Å². The average Bonchev–Trinajstić information content (AvgIpc) is 2.79. The van der Waals surface area contributed by atoms with Gasteiger partial charge in [-0.15, -0.1) is 0 Å². The molecule has 3 aromatic carbocycles. The number of carbonyl (C=O) groups excluding carboxylic acids is 3. The van der Waals surface area contributed by atoms with Gasteiger partial charge in [0.2, 0.25) is 5.78 Å². The first kappa shape index (κ1) is 22.4. The van der Waals surface area contributed by atoms with E-state index in [0.717, 1.165) is 5.56 Å². The van der Waals surface area contributed by atoms with Crippen LogP contribution in [0.25, 0.3) is 0 Å². The van der Waals surface area contributed by atoms with Crippen molar-refractivity contribution < 1.29 is 24.0 Å². The van der Waals surface area contributed by atoms with Gasteiger partial charge in [0.05, 0.1) is 16.2 Å². The maximum atomic E-state index is 12.7. The number of non-ortho nitro benzene ring substituents is 1. The monoisotopic (exact) mass is 432 g/mol. The Hall–Kier alpha value is -4.33. The molecule has 0 fully saturated rings. The molecule has 0 aliphatic heterocycles. The molecular weight excluding hydrogens is 412 g/mol. The van der Waals surface area contributed by atoms with Crippen molar-refractivity contribution in [1.82, 2.24) is 0 Å². The second-order valence-electron chi connectivity index (χ2n) is 7.08. The lowest BCUT2D eigenvalue weighted by Gasteiger charge is -2.15. The minimum atomic E-state index is -1.02. The Bertz CT molecular complexity index is 1170. The highest BCUT2D eigenvalue weighted by Crippen LogP contribution is 2.20. The number of nitro benzene ring substituents is 1. The normalized spacial score (nSPS) is 11.3. The number of anilines is 1. The maximum Gasteiger partial charge on any atom is 0.340 e. The average molecular weight is 432 g/mol. The number of hydrogen-bond donors (Lipinski definition) is 1. The molecule has 0 bridgehead atoms. The predicted molar refractivity (Wildman–Crippen MR) is 118 cm³/mol. The molecule has 3 rings (SSSR count). The molecule has 0 radical (unpaired) electrons. The number of benzene rings is 3. The van der Waals surface area contributed by atoms with E-state index < -0.39 is 22.9 Å². The molecule has 8 nitrogen and oxygen atoms in total. The number of esters is 1. The minimum Gasteiger partial charge on any atom is -0.451 e. The fourth-order valence-electron chi connectivity index (χ4n) is 2.93. The fraction of sp³-hybridized carbons (Fsp3) is 0.125. The van der Waals surface area contributed by atoms with Crippen LogP contribution in [0.2, 0.25) is 0 Å². The molecule has 3 aromatic rings. The first-order valence-corrected chi connectivity index (χ1v) is 9.73. The summed E-state index contributed by atoms with van der Waals surface area (Å²) in [6.07, 6.45) is -1.02. The van der Waals surface area contributed by atoms with Crippen LogP contribution in [0.4, 0.5) is 11.4 Å². The lowest BCUT2D eigenvalue weighted by molar-refractivity contribution is -0.384. The number of carbonyl (C=O) groups is 3. The number of para-hydroxylation sites is 1. The Balaban J connectivity index is 1.73. The van der Waals surface area contributed by atoms with E-state index in [4.69, 9.17) is 4.74 Å². The van der Waals surface area contributed by atoms with E-state index in [0.29, 0.717) is 5.56 Å². The van der Waals surface area contributed by atoms with Crippen molar-refractivity contribution in [3.63, 3.8) is 0 Å². The Morgan fingerprint density at radius 1 is 0.906 bits per heavy atom. The first-order valence-electron chi connectivity index (χ1n) is 9.73. The van der Waals surface area contributed by atoms with Gasteiger partial charge in [-0.2, -0.15) is 0 Å². The maximum absolute atomic E-state index is 12.7. The Kier molecular flexibility index (Phi) is 6.74. The van der Waals surface area contributed by atoms with Gasteiger partial charge in [0.1, 0.15) is 0 Å². The number of rotatable bonds is 7.